The highest BCUT2D eigenvalue weighted by Crippen LogP contribution is 2.19. The van der Waals surface area contributed by atoms with Crippen molar-refractivity contribution in [2.75, 3.05) is 32.5 Å². The van der Waals surface area contributed by atoms with E-state index in [0.717, 1.165) is 6.42 Å². The van der Waals surface area contributed by atoms with E-state index in [9.17, 15) is 4.79 Å². The van der Waals surface area contributed by atoms with E-state index in [-0.39, 0.29) is 17.4 Å². The van der Waals surface area contributed by atoms with Crippen LogP contribution >= 0.6 is 0 Å². The number of likely N-dealkylation sites (tertiary alicyclic amines) is 1. The molecule has 1 aliphatic heterocycles. The summed E-state index contributed by atoms with van der Waals surface area (Å²) in [5, 5.41) is 6.88. The zero-order chi connectivity index (χ0) is 11.5. The molecule has 0 saturated carbocycles. The van der Waals surface area contributed by atoms with Gasteiger partial charge in [-0.15, -0.1) is 0 Å². The maximum absolute atomic E-state index is 11.9. The molecule has 88 valence electrons. The molecule has 0 aromatic carbocycles. The topological polar surface area (TPSA) is 94.5 Å². The molecule has 1 aromatic heterocycles. The molecule has 2 heterocycles. The Bertz CT molecular complexity index is 379. The quantitative estimate of drug-likeness (QED) is 0.764. The molecule has 1 saturated heterocycles. The van der Waals surface area contributed by atoms with Crippen molar-refractivity contribution in [3.63, 3.8) is 0 Å². The van der Waals surface area contributed by atoms with Crippen molar-refractivity contribution < 1.29 is 14.2 Å². The van der Waals surface area contributed by atoms with E-state index in [2.05, 4.69) is 14.9 Å². The number of nitrogens with zero attached hydrogens (tertiary/aromatic N) is 3. The fourth-order valence-electron chi connectivity index (χ4n) is 1.88. The van der Waals surface area contributed by atoms with Crippen LogP contribution in [0, 0.1) is 5.92 Å². The lowest BCUT2D eigenvalue weighted by Gasteiger charge is -2.14. The second kappa shape index (κ2) is 4.48. The molecule has 7 heteroatoms. The summed E-state index contributed by atoms with van der Waals surface area (Å²) in [6.45, 7) is 2.02. The fourth-order valence-corrected chi connectivity index (χ4v) is 1.88. The van der Waals surface area contributed by atoms with Crippen molar-refractivity contribution in [1.82, 2.24) is 15.2 Å². The first-order chi connectivity index (χ1) is 7.72. The molecule has 0 bridgehead atoms. The van der Waals surface area contributed by atoms with E-state index >= 15 is 0 Å². The van der Waals surface area contributed by atoms with E-state index < -0.39 is 0 Å². The first-order valence-corrected chi connectivity index (χ1v) is 5.08. The van der Waals surface area contributed by atoms with Gasteiger partial charge in [0.15, 0.2) is 0 Å². The number of ether oxygens (including phenoxy) is 1. The lowest BCUT2D eigenvalue weighted by atomic mass is 10.1. The van der Waals surface area contributed by atoms with Crippen molar-refractivity contribution >= 4 is 11.7 Å². The normalized spacial score (nSPS) is 20.3. The van der Waals surface area contributed by atoms with Crippen LogP contribution in [0.15, 0.2) is 4.63 Å². The summed E-state index contributed by atoms with van der Waals surface area (Å²) in [5.41, 5.74) is 5.56. The Kier molecular flexibility index (Phi) is 3.04. The number of hydrogen-bond acceptors (Lipinski definition) is 6. The maximum Gasteiger partial charge on any atom is 0.280 e. The second-order valence-electron chi connectivity index (χ2n) is 3.86. The highest BCUT2D eigenvalue weighted by atomic mass is 16.6. The number of methoxy groups -OCH3 is 1. The molecule has 0 aliphatic carbocycles. The number of amides is 1. The molecule has 1 aliphatic rings. The van der Waals surface area contributed by atoms with Crippen LogP contribution in [0.25, 0.3) is 0 Å². The van der Waals surface area contributed by atoms with Crippen LogP contribution in [-0.4, -0.2) is 47.9 Å². The number of hydrogen-bond donors (Lipinski definition) is 1. The summed E-state index contributed by atoms with van der Waals surface area (Å²) in [6, 6.07) is 0. The first-order valence-electron chi connectivity index (χ1n) is 5.08. The van der Waals surface area contributed by atoms with Gasteiger partial charge in [0.25, 0.3) is 5.91 Å². The van der Waals surface area contributed by atoms with E-state index in [1.807, 2.05) is 0 Å². The molecule has 1 unspecified atom stereocenters. The summed E-state index contributed by atoms with van der Waals surface area (Å²) in [6.07, 6.45) is 0.935. The Balaban J connectivity index is 2.00. The summed E-state index contributed by atoms with van der Waals surface area (Å²) < 4.78 is 9.46. The average molecular weight is 226 g/mol. The van der Waals surface area contributed by atoms with Gasteiger partial charge in [-0.05, 0) is 16.7 Å². The number of carbonyl (C=O) groups is 1. The summed E-state index contributed by atoms with van der Waals surface area (Å²) in [7, 11) is 1.66. The number of nitrogens with two attached hydrogens (primary N) is 1. The van der Waals surface area contributed by atoms with Crippen molar-refractivity contribution in [2.24, 2.45) is 5.92 Å². The number of rotatable bonds is 3. The zero-order valence-electron chi connectivity index (χ0n) is 9.05. The van der Waals surface area contributed by atoms with Gasteiger partial charge in [-0.3, -0.25) is 4.79 Å². The number of carbonyl (C=O) groups excluding carboxylic acids is 1. The van der Waals surface area contributed by atoms with Crippen molar-refractivity contribution in [3.8, 4) is 0 Å². The summed E-state index contributed by atoms with van der Waals surface area (Å²) in [4.78, 5) is 13.6. The molecule has 1 aromatic rings. The summed E-state index contributed by atoms with van der Waals surface area (Å²) >= 11 is 0. The lowest BCUT2D eigenvalue weighted by molar-refractivity contribution is 0.0765. The lowest BCUT2D eigenvalue weighted by Crippen LogP contribution is -2.30. The molecular weight excluding hydrogens is 212 g/mol. The van der Waals surface area contributed by atoms with Gasteiger partial charge >= 0.3 is 0 Å². The molecular formula is C9H14N4O3. The number of anilines is 1. The monoisotopic (exact) mass is 226 g/mol. The minimum absolute atomic E-state index is 0.0418. The van der Waals surface area contributed by atoms with E-state index in [1.165, 1.54) is 0 Å². The average Bonchev–Trinajstić information content (AvgIpc) is 2.87. The standard InChI is InChI=1S/C9H14N4O3/c1-15-5-6-2-3-13(4-6)9(14)7-8(10)12-16-11-7/h6H,2-5H2,1H3,(H2,10,12). The van der Waals surface area contributed by atoms with Gasteiger partial charge in [0.05, 0.1) is 6.61 Å². The molecule has 16 heavy (non-hydrogen) atoms. The Morgan fingerprint density at radius 1 is 1.69 bits per heavy atom. The smallest absolute Gasteiger partial charge is 0.280 e. The van der Waals surface area contributed by atoms with Crippen LogP contribution in [0.1, 0.15) is 16.9 Å². The van der Waals surface area contributed by atoms with E-state index in [0.29, 0.717) is 25.6 Å². The minimum atomic E-state index is -0.225. The Morgan fingerprint density at radius 2 is 2.50 bits per heavy atom. The minimum Gasteiger partial charge on any atom is -0.384 e. The van der Waals surface area contributed by atoms with Crippen LogP contribution in [0.5, 0.6) is 0 Å². The molecule has 1 amide bonds. The van der Waals surface area contributed by atoms with Gasteiger partial charge in [0.1, 0.15) is 0 Å². The van der Waals surface area contributed by atoms with Crippen molar-refractivity contribution in [3.05, 3.63) is 5.69 Å². The van der Waals surface area contributed by atoms with Crippen LogP contribution in [-0.2, 0) is 4.74 Å². The SMILES string of the molecule is COCC1CCN(C(=O)c2nonc2N)C1. The van der Waals surface area contributed by atoms with Crippen LogP contribution in [0.4, 0.5) is 5.82 Å². The van der Waals surface area contributed by atoms with Gasteiger partial charge in [0.2, 0.25) is 11.5 Å². The molecule has 7 nitrogen and oxygen atoms in total. The molecule has 0 spiro atoms. The Labute approximate surface area is 92.5 Å². The van der Waals surface area contributed by atoms with Gasteiger partial charge in [0, 0.05) is 26.1 Å². The maximum atomic E-state index is 11.9. The predicted molar refractivity (Wildman–Crippen MR) is 54.6 cm³/mol. The van der Waals surface area contributed by atoms with E-state index in [4.69, 9.17) is 10.5 Å². The van der Waals surface area contributed by atoms with E-state index in [1.54, 1.807) is 12.0 Å². The van der Waals surface area contributed by atoms with Crippen LogP contribution in [0.2, 0.25) is 0 Å². The van der Waals surface area contributed by atoms with Crippen molar-refractivity contribution in [2.45, 2.75) is 6.42 Å². The predicted octanol–water partition coefficient (Wildman–Crippen LogP) is -0.240. The van der Waals surface area contributed by atoms with Crippen LogP contribution in [0.3, 0.4) is 0 Å². The third kappa shape index (κ3) is 1.99. The molecule has 1 atom stereocenters. The Morgan fingerprint density at radius 3 is 3.12 bits per heavy atom. The van der Waals surface area contributed by atoms with Gasteiger partial charge in [-0.25, -0.2) is 4.63 Å². The number of aromatic nitrogens is 2. The molecule has 2 rings (SSSR count). The van der Waals surface area contributed by atoms with Gasteiger partial charge < -0.3 is 15.4 Å². The van der Waals surface area contributed by atoms with Crippen LogP contribution < -0.4 is 5.73 Å². The molecule has 1 fully saturated rings. The second-order valence-corrected chi connectivity index (χ2v) is 3.86. The Hall–Kier alpha value is -1.63. The number of nitrogen functional groups attached to an aromatic ring is 1. The third-order valence-electron chi connectivity index (χ3n) is 2.69. The zero-order valence-corrected chi connectivity index (χ0v) is 9.05. The third-order valence-corrected chi connectivity index (χ3v) is 2.69. The highest BCUT2D eigenvalue weighted by Gasteiger charge is 2.29. The summed E-state index contributed by atoms with van der Waals surface area (Å²) in [5.74, 6) is 0.201. The highest BCUT2D eigenvalue weighted by molar-refractivity contribution is 5.96. The molecule has 0 radical (unpaired) electrons. The van der Waals surface area contributed by atoms with Crippen molar-refractivity contribution in [1.29, 1.82) is 0 Å². The largest absolute Gasteiger partial charge is 0.384 e. The van der Waals surface area contributed by atoms with Gasteiger partial charge in [-0.1, -0.05) is 0 Å². The first kappa shape index (κ1) is 10.9. The fraction of sp³-hybridized carbons (Fsp3) is 0.667. The molecule has 2 N–H and O–H groups in total. The van der Waals surface area contributed by atoms with Gasteiger partial charge in [-0.2, -0.15) is 0 Å².